The van der Waals surface area contributed by atoms with Crippen molar-refractivity contribution in [3.05, 3.63) is 0 Å². The molecule has 0 bridgehead atoms. The summed E-state index contributed by atoms with van der Waals surface area (Å²) in [4.78, 5) is 2.61. The lowest BCUT2D eigenvalue weighted by molar-refractivity contribution is 0.277. The Balaban J connectivity index is 2.17. The fourth-order valence-electron chi connectivity index (χ4n) is 1.76. The first kappa shape index (κ1) is 9.05. The van der Waals surface area contributed by atoms with E-state index in [-0.39, 0.29) is 0 Å². The first-order chi connectivity index (χ1) is 5.22. The molecule has 0 aromatic carbocycles. The second-order valence-corrected chi connectivity index (χ2v) is 4.17. The molecule has 1 rings (SSSR count). The molecule has 1 nitrogen and oxygen atoms in total. The van der Waals surface area contributed by atoms with E-state index in [9.17, 15) is 0 Å². The van der Waals surface area contributed by atoms with Gasteiger partial charge in [-0.05, 0) is 24.8 Å². The molecule has 0 radical (unpaired) electrons. The molecule has 1 fully saturated rings. The minimum Gasteiger partial charge on any atom is -0.303 e. The zero-order chi connectivity index (χ0) is 8.27. The predicted octanol–water partition coefficient (Wildman–Crippen LogP) is 2.37. The summed E-state index contributed by atoms with van der Waals surface area (Å²) in [5.41, 5.74) is 0. The van der Waals surface area contributed by atoms with E-state index >= 15 is 0 Å². The van der Waals surface area contributed by atoms with Crippen LogP contribution in [0, 0.1) is 11.8 Å². The van der Waals surface area contributed by atoms with Gasteiger partial charge in [-0.2, -0.15) is 0 Å². The molecule has 0 saturated carbocycles. The highest BCUT2D eigenvalue weighted by Gasteiger charge is 2.19. The van der Waals surface area contributed by atoms with Crippen molar-refractivity contribution in [3.63, 3.8) is 0 Å². The number of hydrogen-bond acceptors (Lipinski definition) is 1. The lowest BCUT2D eigenvalue weighted by Crippen LogP contribution is -2.25. The van der Waals surface area contributed by atoms with Crippen molar-refractivity contribution in [2.24, 2.45) is 11.8 Å². The molecule has 2 atom stereocenters. The summed E-state index contributed by atoms with van der Waals surface area (Å²) in [6.45, 7) is 11.0. The van der Waals surface area contributed by atoms with Gasteiger partial charge in [0, 0.05) is 13.1 Å². The van der Waals surface area contributed by atoms with Crippen LogP contribution in [-0.4, -0.2) is 24.5 Å². The molecule has 0 unspecified atom stereocenters. The van der Waals surface area contributed by atoms with E-state index < -0.39 is 0 Å². The summed E-state index contributed by atoms with van der Waals surface area (Å²) >= 11 is 0. The highest BCUT2D eigenvalue weighted by Crippen LogP contribution is 2.16. The Morgan fingerprint density at radius 3 is 2.73 bits per heavy atom. The monoisotopic (exact) mass is 155 g/mol. The van der Waals surface area contributed by atoms with Gasteiger partial charge in [0.2, 0.25) is 0 Å². The summed E-state index contributed by atoms with van der Waals surface area (Å²) in [5, 5.41) is 0. The number of hydrogen-bond donors (Lipinski definition) is 0. The van der Waals surface area contributed by atoms with E-state index in [0.717, 1.165) is 11.8 Å². The van der Waals surface area contributed by atoms with Crippen molar-refractivity contribution in [2.75, 3.05) is 19.6 Å². The van der Waals surface area contributed by atoms with E-state index in [2.05, 4.69) is 25.7 Å². The zero-order valence-electron chi connectivity index (χ0n) is 8.14. The molecule has 1 saturated heterocycles. The molecule has 0 aromatic heterocycles. The molecule has 0 amide bonds. The highest BCUT2D eigenvalue weighted by molar-refractivity contribution is 4.73. The van der Waals surface area contributed by atoms with Crippen molar-refractivity contribution >= 4 is 0 Å². The van der Waals surface area contributed by atoms with Crippen LogP contribution in [0.15, 0.2) is 0 Å². The standard InChI is InChI=1S/C10H21N/c1-4-9(2)7-11-6-5-10(3)8-11/h9-10H,4-8H2,1-3H3/t9-,10+/m0/s1. The quantitative estimate of drug-likeness (QED) is 0.605. The van der Waals surface area contributed by atoms with Crippen LogP contribution in [0.3, 0.4) is 0 Å². The van der Waals surface area contributed by atoms with Crippen LogP contribution in [0.1, 0.15) is 33.6 Å². The molecule has 0 N–H and O–H groups in total. The summed E-state index contributed by atoms with van der Waals surface area (Å²) in [6, 6.07) is 0. The molecule has 0 aromatic rings. The summed E-state index contributed by atoms with van der Waals surface area (Å²) in [6.07, 6.45) is 2.74. The van der Waals surface area contributed by atoms with Crippen molar-refractivity contribution in [1.29, 1.82) is 0 Å². The second-order valence-electron chi connectivity index (χ2n) is 4.17. The first-order valence-electron chi connectivity index (χ1n) is 4.94. The predicted molar refractivity (Wildman–Crippen MR) is 49.7 cm³/mol. The molecule has 1 aliphatic rings. The Morgan fingerprint density at radius 1 is 1.55 bits per heavy atom. The van der Waals surface area contributed by atoms with Crippen LogP contribution < -0.4 is 0 Å². The van der Waals surface area contributed by atoms with Gasteiger partial charge in [-0.25, -0.2) is 0 Å². The topological polar surface area (TPSA) is 3.24 Å². The average molecular weight is 155 g/mol. The fraction of sp³-hybridized carbons (Fsp3) is 1.00. The van der Waals surface area contributed by atoms with Gasteiger partial charge in [0.25, 0.3) is 0 Å². The summed E-state index contributed by atoms with van der Waals surface area (Å²) in [7, 11) is 0. The van der Waals surface area contributed by atoms with Gasteiger partial charge < -0.3 is 4.90 Å². The molecule has 1 aliphatic heterocycles. The van der Waals surface area contributed by atoms with Gasteiger partial charge in [0.15, 0.2) is 0 Å². The summed E-state index contributed by atoms with van der Waals surface area (Å²) in [5.74, 6) is 1.83. The van der Waals surface area contributed by atoms with Gasteiger partial charge in [-0.15, -0.1) is 0 Å². The number of rotatable bonds is 3. The van der Waals surface area contributed by atoms with E-state index in [1.165, 1.54) is 32.5 Å². The van der Waals surface area contributed by atoms with Crippen LogP contribution in [-0.2, 0) is 0 Å². The number of nitrogens with zero attached hydrogens (tertiary/aromatic N) is 1. The Morgan fingerprint density at radius 2 is 2.27 bits per heavy atom. The van der Waals surface area contributed by atoms with Gasteiger partial charge in [-0.1, -0.05) is 27.2 Å². The molecule has 1 heteroatoms. The molecular weight excluding hydrogens is 134 g/mol. The molecule has 0 aliphatic carbocycles. The minimum atomic E-state index is 0.889. The highest BCUT2D eigenvalue weighted by atomic mass is 15.1. The van der Waals surface area contributed by atoms with E-state index in [1.54, 1.807) is 0 Å². The molecule has 1 heterocycles. The Bertz CT molecular complexity index is 111. The van der Waals surface area contributed by atoms with Crippen LogP contribution in [0.4, 0.5) is 0 Å². The van der Waals surface area contributed by atoms with Crippen LogP contribution in [0.5, 0.6) is 0 Å². The summed E-state index contributed by atoms with van der Waals surface area (Å²) < 4.78 is 0. The Kier molecular flexibility index (Phi) is 3.38. The van der Waals surface area contributed by atoms with Crippen molar-refractivity contribution in [2.45, 2.75) is 33.6 Å². The van der Waals surface area contributed by atoms with Crippen LogP contribution in [0.25, 0.3) is 0 Å². The molecular formula is C10H21N. The largest absolute Gasteiger partial charge is 0.303 e. The Labute approximate surface area is 70.8 Å². The number of likely N-dealkylation sites (tertiary alicyclic amines) is 1. The van der Waals surface area contributed by atoms with Crippen molar-refractivity contribution < 1.29 is 0 Å². The second kappa shape index (κ2) is 4.10. The zero-order valence-corrected chi connectivity index (χ0v) is 8.14. The maximum atomic E-state index is 2.61. The van der Waals surface area contributed by atoms with Gasteiger partial charge in [0.1, 0.15) is 0 Å². The Hall–Kier alpha value is -0.0400. The van der Waals surface area contributed by atoms with E-state index in [4.69, 9.17) is 0 Å². The third kappa shape index (κ3) is 2.82. The third-order valence-corrected chi connectivity index (χ3v) is 2.77. The minimum absolute atomic E-state index is 0.889. The maximum absolute atomic E-state index is 2.61. The van der Waals surface area contributed by atoms with Gasteiger partial charge >= 0.3 is 0 Å². The smallest absolute Gasteiger partial charge is 0.000761 e. The molecule has 66 valence electrons. The lowest BCUT2D eigenvalue weighted by Gasteiger charge is -2.19. The third-order valence-electron chi connectivity index (χ3n) is 2.77. The molecule has 0 spiro atoms. The van der Waals surface area contributed by atoms with Crippen molar-refractivity contribution in [1.82, 2.24) is 4.90 Å². The van der Waals surface area contributed by atoms with Crippen LogP contribution >= 0.6 is 0 Å². The molecule has 11 heavy (non-hydrogen) atoms. The fourth-order valence-corrected chi connectivity index (χ4v) is 1.76. The average Bonchev–Trinajstić information content (AvgIpc) is 2.35. The van der Waals surface area contributed by atoms with Gasteiger partial charge in [-0.3, -0.25) is 0 Å². The van der Waals surface area contributed by atoms with Crippen LogP contribution in [0.2, 0.25) is 0 Å². The van der Waals surface area contributed by atoms with E-state index in [0.29, 0.717) is 0 Å². The van der Waals surface area contributed by atoms with Gasteiger partial charge in [0.05, 0.1) is 0 Å². The normalized spacial score (nSPS) is 29.2. The lowest BCUT2D eigenvalue weighted by atomic mass is 10.1. The van der Waals surface area contributed by atoms with E-state index in [1.807, 2.05) is 0 Å². The maximum Gasteiger partial charge on any atom is 0.000761 e. The SMILES string of the molecule is CC[C@H](C)CN1CC[C@@H](C)C1. The van der Waals surface area contributed by atoms with Crippen molar-refractivity contribution in [3.8, 4) is 0 Å². The first-order valence-corrected chi connectivity index (χ1v) is 4.94.